The molecule has 160 valence electrons. The summed E-state index contributed by atoms with van der Waals surface area (Å²) in [4.78, 5) is 14.7. The number of amides is 1. The van der Waals surface area contributed by atoms with Crippen LogP contribution < -0.4 is 15.0 Å². The van der Waals surface area contributed by atoms with Gasteiger partial charge in [-0.15, -0.1) is 0 Å². The number of aliphatic hydroxyl groups excluding tert-OH is 1. The lowest BCUT2D eigenvalue weighted by molar-refractivity contribution is -0.138. The number of aliphatic hydroxyl groups is 1. The zero-order valence-electron chi connectivity index (χ0n) is 16.4. The molecule has 30 heavy (non-hydrogen) atoms. The minimum Gasteiger partial charge on any atom is -0.497 e. The Morgan fingerprint density at radius 2 is 1.90 bits per heavy atom. The number of carbonyl (C=O) groups excluding carboxylic acids is 1. The molecule has 3 atom stereocenters. The van der Waals surface area contributed by atoms with Crippen LogP contribution >= 0.6 is 0 Å². The van der Waals surface area contributed by atoms with Crippen molar-refractivity contribution in [2.45, 2.75) is 37.1 Å². The molecule has 2 N–H and O–H groups in total. The van der Waals surface area contributed by atoms with E-state index in [1.54, 1.807) is 30.3 Å². The summed E-state index contributed by atoms with van der Waals surface area (Å²) in [5.41, 5.74) is 0.101. The molecular weight excluding hydrogens is 397 g/mol. The third-order valence-electron chi connectivity index (χ3n) is 5.96. The first-order valence-electron chi connectivity index (χ1n) is 9.86. The molecule has 0 aliphatic carbocycles. The minimum absolute atomic E-state index is 0.0441. The smallest absolute Gasteiger partial charge is 0.416 e. The summed E-state index contributed by atoms with van der Waals surface area (Å²) in [5, 5.41) is 14.1. The highest BCUT2D eigenvalue weighted by atomic mass is 19.4. The number of halogens is 3. The van der Waals surface area contributed by atoms with Crippen molar-refractivity contribution in [1.29, 1.82) is 0 Å². The maximum atomic E-state index is 13.8. The second-order valence-electron chi connectivity index (χ2n) is 7.68. The molecule has 0 aromatic heterocycles. The van der Waals surface area contributed by atoms with E-state index < -0.39 is 29.7 Å². The van der Waals surface area contributed by atoms with Gasteiger partial charge in [-0.2, -0.15) is 13.2 Å². The average molecular weight is 420 g/mol. The van der Waals surface area contributed by atoms with Crippen molar-refractivity contribution in [2.75, 3.05) is 25.1 Å². The predicted molar refractivity (Wildman–Crippen MR) is 106 cm³/mol. The van der Waals surface area contributed by atoms with E-state index in [1.807, 2.05) is 0 Å². The summed E-state index contributed by atoms with van der Waals surface area (Å²) in [6.07, 6.45) is -5.50. The van der Waals surface area contributed by atoms with Crippen LogP contribution in [-0.4, -0.2) is 43.4 Å². The Labute approximate surface area is 172 Å². The van der Waals surface area contributed by atoms with Gasteiger partial charge < -0.3 is 20.1 Å². The molecule has 1 saturated heterocycles. The van der Waals surface area contributed by atoms with Gasteiger partial charge in [-0.05, 0) is 54.8 Å². The number of nitrogens with one attached hydrogen (secondary N) is 1. The first-order valence-corrected chi connectivity index (χ1v) is 9.86. The van der Waals surface area contributed by atoms with E-state index in [1.165, 1.54) is 18.1 Å². The minimum atomic E-state index is -4.56. The molecule has 0 spiro atoms. The van der Waals surface area contributed by atoms with Gasteiger partial charge in [0.1, 0.15) is 11.9 Å². The molecule has 2 unspecified atom stereocenters. The zero-order chi connectivity index (χ0) is 21.5. The van der Waals surface area contributed by atoms with Gasteiger partial charge in [0.15, 0.2) is 0 Å². The van der Waals surface area contributed by atoms with Gasteiger partial charge in [0, 0.05) is 18.2 Å². The van der Waals surface area contributed by atoms with E-state index in [0.717, 1.165) is 6.07 Å². The fraction of sp³-hybridized carbons (Fsp3) is 0.409. The van der Waals surface area contributed by atoms with Crippen molar-refractivity contribution in [1.82, 2.24) is 5.32 Å². The molecule has 2 aromatic carbocycles. The summed E-state index contributed by atoms with van der Waals surface area (Å²) in [6, 6.07) is 10.3. The van der Waals surface area contributed by atoms with Crippen LogP contribution in [-0.2, 0) is 17.4 Å². The number of fused-ring (bicyclic) bond motifs is 1. The van der Waals surface area contributed by atoms with Gasteiger partial charge in [0.05, 0.1) is 18.7 Å². The number of hydrogen-bond acceptors (Lipinski definition) is 4. The molecular formula is C22H23F3N2O3. The largest absolute Gasteiger partial charge is 0.497 e. The van der Waals surface area contributed by atoms with Gasteiger partial charge >= 0.3 is 6.18 Å². The van der Waals surface area contributed by atoms with Crippen molar-refractivity contribution in [3.8, 4) is 5.75 Å². The molecule has 4 rings (SSSR count). The Morgan fingerprint density at radius 1 is 1.17 bits per heavy atom. The van der Waals surface area contributed by atoms with Crippen molar-refractivity contribution < 1.29 is 27.8 Å². The van der Waals surface area contributed by atoms with Crippen LogP contribution in [0.3, 0.4) is 0 Å². The van der Waals surface area contributed by atoms with Gasteiger partial charge in [-0.25, -0.2) is 0 Å². The normalized spacial score (nSPS) is 24.5. The molecule has 8 heteroatoms. The number of hydrogen-bond donors (Lipinski definition) is 2. The van der Waals surface area contributed by atoms with Crippen LogP contribution in [0.4, 0.5) is 18.9 Å². The quantitative estimate of drug-likeness (QED) is 0.801. The lowest BCUT2D eigenvalue weighted by atomic mass is 9.86. The molecule has 2 aromatic rings. The Bertz CT molecular complexity index is 924. The van der Waals surface area contributed by atoms with Gasteiger partial charge in [0.2, 0.25) is 0 Å². The van der Waals surface area contributed by atoms with Gasteiger partial charge in [-0.3, -0.25) is 4.79 Å². The third kappa shape index (κ3) is 3.65. The van der Waals surface area contributed by atoms with Crippen molar-refractivity contribution in [3.63, 3.8) is 0 Å². The SMILES string of the molecule is COc1ccc(C2Cc3c(cccc3C(F)(F)F)N([C@@H]3CCNC3)C(=O)C2O)cc1. The van der Waals surface area contributed by atoms with Crippen LogP contribution in [0.5, 0.6) is 5.75 Å². The van der Waals surface area contributed by atoms with Crippen molar-refractivity contribution >= 4 is 11.6 Å². The summed E-state index contributed by atoms with van der Waals surface area (Å²) in [6.45, 7) is 1.14. The van der Waals surface area contributed by atoms with Gasteiger partial charge in [0.25, 0.3) is 5.91 Å². The Morgan fingerprint density at radius 3 is 2.50 bits per heavy atom. The summed E-state index contributed by atoms with van der Waals surface area (Å²) in [7, 11) is 1.51. The van der Waals surface area contributed by atoms with Crippen LogP contribution in [0.2, 0.25) is 0 Å². The third-order valence-corrected chi connectivity index (χ3v) is 5.96. The van der Waals surface area contributed by atoms with E-state index in [-0.39, 0.29) is 23.7 Å². The molecule has 0 radical (unpaired) electrons. The number of alkyl halides is 3. The van der Waals surface area contributed by atoms with E-state index in [2.05, 4.69) is 5.32 Å². The highest BCUT2D eigenvalue weighted by molar-refractivity contribution is 5.99. The number of ether oxygens (including phenoxy) is 1. The van der Waals surface area contributed by atoms with E-state index in [0.29, 0.717) is 30.8 Å². The molecule has 1 fully saturated rings. The fourth-order valence-electron chi connectivity index (χ4n) is 4.43. The Balaban J connectivity index is 1.86. The number of rotatable bonds is 3. The number of anilines is 1. The molecule has 5 nitrogen and oxygen atoms in total. The van der Waals surface area contributed by atoms with Crippen LogP contribution in [0, 0.1) is 0 Å². The van der Waals surface area contributed by atoms with Gasteiger partial charge in [-0.1, -0.05) is 18.2 Å². The number of benzene rings is 2. The van der Waals surface area contributed by atoms with Crippen molar-refractivity contribution in [3.05, 3.63) is 59.2 Å². The topological polar surface area (TPSA) is 61.8 Å². The zero-order valence-corrected chi connectivity index (χ0v) is 16.4. The summed E-state index contributed by atoms with van der Waals surface area (Å²) >= 11 is 0. The Hall–Kier alpha value is -2.58. The highest BCUT2D eigenvalue weighted by Crippen LogP contribution is 2.43. The molecule has 2 aliphatic heterocycles. The second-order valence-corrected chi connectivity index (χ2v) is 7.68. The van der Waals surface area contributed by atoms with Crippen LogP contribution in [0.1, 0.15) is 29.0 Å². The molecule has 2 aliphatic rings. The number of carbonyl (C=O) groups is 1. The number of methoxy groups -OCH3 is 1. The summed E-state index contributed by atoms with van der Waals surface area (Å²) in [5.74, 6) is -0.782. The second kappa shape index (κ2) is 7.92. The molecule has 0 bridgehead atoms. The standard InChI is InChI=1S/C22H23F3N2O3/c1-30-15-7-5-13(6-8-15)16-11-17-18(22(23,24)25)3-2-4-19(17)27(21(29)20(16)28)14-9-10-26-12-14/h2-8,14,16,20,26,28H,9-12H2,1H3/t14-,16?,20?/m1/s1. The lowest BCUT2D eigenvalue weighted by Gasteiger charge is -2.31. The monoisotopic (exact) mass is 420 g/mol. The van der Waals surface area contributed by atoms with Crippen molar-refractivity contribution in [2.24, 2.45) is 0 Å². The molecule has 1 amide bonds. The fourth-order valence-corrected chi connectivity index (χ4v) is 4.43. The first-order chi connectivity index (χ1) is 14.3. The first kappa shape index (κ1) is 20.7. The maximum Gasteiger partial charge on any atom is 0.416 e. The molecule has 2 heterocycles. The predicted octanol–water partition coefficient (Wildman–Crippen LogP) is 3.11. The highest BCUT2D eigenvalue weighted by Gasteiger charge is 2.44. The maximum absolute atomic E-state index is 13.8. The van der Waals surface area contributed by atoms with Crippen LogP contribution in [0.25, 0.3) is 0 Å². The van der Waals surface area contributed by atoms with Crippen LogP contribution in [0.15, 0.2) is 42.5 Å². The number of nitrogens with zero attached hydrogens (tertiary/aromatic N) is 1. The average Bonchev–Trinajstić information content (AvgIpc) is 3.22. The van der Waals surface area contributed by atoms with E-state index in [9.17, 15) is 23.1 Å². The Kier molecular flexibility index (Phi) is 5.46. The lowest BCUT2D eigenvalue weighted by Crippen LogP contribution is -2.47. The molecule has 0 saturated carbocycles. The van der Waals surface area contributed by atoms with E-state index >= 15 is 0 Å². The van der Waals surface area contributed by atoms with E-state index in [4.69, 9.17) is 4.74 Å². The summed E-state index contributed by atoms with van der Waals surface area (Å²) < 4.78 is 46.7.